The molecule has 1 aromatic carbocycles. The summed E-state index contributed by atoms with van der Waals surface area (Å²) in [6.45, 7) is 4.15. The number of pyridine rings is 1. The fraction of sp³-hybridized carbons (Fsp3) is 0.391. The number of hydrogen-bond donors (Lipinski definition) is 2. The number of aromatic nitrogens is 2. The molecular weight excluding hydrogens is 348 g/mol. The van der Waals surface area contributed by atoms with Gasteiger partial charge in [-0.15, -0.1) is 0 Å². The number of rotatable bonds is 5. The van der Waals surface area contributed by atoms with Crippen LogP contribution in [0.15, 0.2) is 54.9 Å². The van der Waals surface area contributed by atoms with Crippen molar-refractivity contribution in [2.45, 2.75) is 25.8 Å². The molecule has 1 saturated carbocycles. The molecule has 1 aliphatic carbocycles. The van der Waals surface area contributed by atoms with Crippen molar-refractivity contribution in [3.05, 3.63) is 66.1 Å². The van der Waals surface area contributed by atoms with Crippen LogP contribution in [0.25, 0.3) is 10.9 Å². The molecule has 2 aliphatic rings. The summed E-state index contributed by atoms with van der Waals surface area (Å²) >= 11 is 0. The number of aromatic amines is 1. The number of piperidine rings is 1. The highest BCUT2D eigenvalue weighted by atomic mass is 16.1. The summed E-state index contributed by atoms with van der Waals surface area (Å²) in [5.74, 6) is 0.612. The van der Waals surface area contributed by atoms with Crippen molar-refractivity contribution in [1.29, 1.82) is 0 Å². The van der Waals surface area contributed by atoms with Crippen LogP contribution in [-0.2, 0) is 6.54 Å². The van der Waals surface area contributed by atoms with E-state index in [0.717, 1.165) is 37.1 Å². The van der Waals surface area contributed by atoms with Gasteiger partial charge in [-0.2, -0.15) is 0 Å². The molecule has 3 heterocycles. The third kappa shape index (κ3) is 3.42. The average Bonchev–Trinajstić information content (AvgIpc) is 3.20. The maximum absolute atomic E-state index is 12.5. The molecule has 1 spiro atoms. The SMILES string of the molecule is O=C(NCC1CC12CCN(Cc1ccccc1)CC2)c1cc2cnccc2[nH]1. The van der Waals surface area contributed by atoms with Crippen molar-refractivity contribution < 1.29 is 4.79 Å². The van der Waals surface area contributed by atoms with E-state index in [4.69, 9.17) is 0 Å². The van der Waals surface area contributed by atoms with Crippen LogP contribution in [0.5, 0.6) is 0 Å². The molecule has 144 valence electrons. The summed E-state index contributed by atoms with van der Waals surface area (Å²) in [6, 6.07) is 14.5. The van der Waals surface area contributed by atoms with Gasteiger partial charge in [0.15, 0.2) is 0 Å². The second kappa shape index (κ2) is 7.06. The van der Waals surface area contributed by atoms with Crippen molar-refractivity contribution in [3.8, 4) is 0 Å². The molecule has 5 heteroatoms. The second-order valence-corrected chi connectivity index (χ2v) is 8.38. The third-order valence-corrected chi connectivity index (χ3v) is 6.63. The lowest BCUT2D eigenvalue weighted by Gasteiger charge is -2.33. The van der Waals surface area contributed by atoms with Gasteiger partial charge >= 0.3 is 0 Å². The molecule has 2 aromatic heterocycles. The normalized spacial score (nSPS) is 21.1. The van der Waals surface area contributed by atoms with Gasteiger partial charge in [-0.05, 0) is 61.4 Å². The number of nitrogens with one attached hydrogen (secondary N) is 2. The molecule has 5 nitrogen and oxygen atoms in total. The van der Waals surface area contributed by atoms with Crippen molar-refractivity contribution >= 4 is 16.8 Å². The molecule has 0 radical (unpaired) electrons. The monoisotopic (exact) mass is 374 g/mol. The number of nitrogens with zero attached hydrogens (tertiary/aromatic N) is 2. The molecule has 0 bridgehead atoms. The minimum atomic E-state index is -0.0141. The first-order chi connectivity index (χ1) is 13.7. The maximum Gasteiger partial charge on any atom is 0.267 e. The minimum absolute atomic E-state index is 0.0141. The lowest BCUT2D eigenvalue weighted by molar-refractivity contribution is 0.0942. The lowest BCUT2D eigenvalue weighted by atomic mass is 9.90. The van der Waals surface area contributed by atoms with Crippen LogP contribution in [0.2, 0.25) is 0 Å². The number of carbonyl (C=O) groups excluding carboxylic acids is 1. The average molecular weight is 374 g/mol. The van der Waals surface area contributed by atoms with Crippen molar-refractivity contribution in [2.24, 2.45) is 11.3 Å². The first kappa shape index (κ1) is 17.4. The zero-order valence-electron chi connectivity index (χ0n) is 16.0. The number of hydrogen-bond acceptors (Lipinski definition) is 3. The van der Waals surface area contributed by atoms with Gasteiger partial charge in [-0.3, -0.25) is 14.7 Å². The predicted molar refractivity (Wildman–Crippen MR) is 110 cm³/mol. The Morgan fingerprint density at radius 3 is 2.82 bits per heavy atom. The number of benzene rings is 1. The lowest BCUT2D eigenvalue weighted by Crippen LogP contribution is -2.36. The quantitative estimate of drug-likeness (QED) is 0.717. The molecule has 5 rings (SSSR count). The molecule has 1 amide bonds. The second-order valence-electron chi connectivity index (χ2n) is 8.38. The Morgan fingerprint density at radius 1 is 1.21 bits per heavy atom. The summed E-state index contributed by atoms with van der Waals surface area (Å²) in [6.07, 6.45) is 7.26. The van der Waals surface area contributed by atoms with Gasteiger partial charge in [0, 0.05) is 36.4 Å². The molecule has 1 aliphatic heterocycles. The van der Waals surface area contributed by atoms with Crippen molar-refractivity contribution in [2.75, 3.05) is 19.6 Å². The summed E-state index contributed by atoms with van der Waals surface area (Å²) in [7, 11) is 0. The standard InChI is InChI=1S/C23H26N4O/c28-22(21-12-18-14-24-9-6-20(18)26-21)25-15-19-13-23(19)7-10-27(11-8-23)16-17-4-2-1-3-5-17/h1-6,9,12,14,19,26H,7-8,10-11,13,15-16H2,(H,25,28). The fourth-order valence-electron chi connectivity index (χ4n) is 4.74. The maximum atomic E-state index is 12.5. The zero-order chi connectivity index (χ0) is 19.0. The van der Waals surface area contributed by atoms with Gasteiger partial charge in [0.05, 0.1) is 0 Å². The summed E-state index contributed by atoms with van der Waals surface area (Å²) in [5.41, 5.74) is 3.43. The Labute approximate surface area is 165 Å². The van der Waals surface area contributed by atoms with Gasteiger partial charge < -0.3 is 10.3 Å². The molecule has 28 heavy (non-hydrogen) atoms. The van der Waals surface area contributed by atoms with E-state index >= 15 is 0 Å². The van der Waals surface area contributed by atoms with E-state index < -0.39 is 0 Å². The summed E-state index contributed by atoms with van der Waals surface area (Å²) in [4.78, 5) is 22.3. The molecular formula is C23H26N4O. The summed E-state index contributed by atoms with van der Waals surface area (Å²) in [5, 5.41) is 4.11. The van der Waals surface area contributed by atoms with Crippen LogP contribution in [-0.4, -0.2) is 40.4 Å². The third-order valence-electron chi connectivity index (χ3n) is 6.63. The van der Waals surface area contributed by atoms with E-state index in [2.05, 4.69) is 50.5 Å². The van der Waals surface area contributed by atoms with Gasteiger partial charge in [-0.1, -0.05) is 30.3 Å². The highest BCUT2D eigenvalue weighted by Gasteiger charge is 2.54. The van der Waals surface area contributed by atoms with Gasteiger partial charge in [-0.25, -0.2) is 0 Å². The molecule has 1 saturated heterocycles. The van der Waals surface area contributed by atoms with E-state index in [1.807, 2.05) is 12.1 Å². The Bertz CT molecular complexity index is 939. The number of amides is 1. The van der Waals surface area contributed by atoms with E-state index in [9.17, 15) is 4.79 Å². The van der Waals surface area contributed by atoms with Crippen LogP contribution in [0.4, 0.5) is 0 Å². The van der Waals surface area contributed by atoms with E-state index in [-0.39, 0.29) is 5.91 Å². The Hall–Kier alpha value is -2.66. The minimum Gasteiger partial charge on any atom is -0.350 e. The Balaban J connectivity index is 1.11. The highest BCUT2D eigenvalue weighted by molar-refractivity contribution is 5.97. The predicted octanol–water partition coefficient (Wildman–Crippen LogP) is 3.60. The van der Waals surface area contributed by atoms with Crippen LogP contribution in [0.3, 0.4) is 0 Å². The van der Waals surface area contributed by atoms with Crippen LogP contribution in [0.1, 0.15) is 35.3 Å². The summed E-state index contributed by atoms with van der Waals surface area (Å²) < 4.78 is 0. The molecule has 1 atom stereocenters. The Kier molecular flexibility index (Phi) is 4.40. The highest BCUT2D eigenvalue weighted by Crippen LogP contribution is 2.59. The van der Waals surface area contributed by atoms with Crippen LogP contribution in [0, 0.1) is 11.3 Å². The van der Waals surface area contributed by atoms with Crippen molar-refractivity contribution in [1.82, 2.24) is 20.2 Å². The Morgan fingerprint density at radius 2 is 2.04 bits per heavy atom. The van der Waals surface area contributed by atoms with Crippen molar-refractivity contribution in [3.63, 3.8) is 0 Å². The van der Waals surface area contributed by atoms with E-state index in [0.29, 0.717) is 17.0 Å². The fourth-order valence-corrected chi connectivity index (χ4v) is 4.74. The molecule has 1 unspecified atom stereocenters. The molecule has 3 aromatic rings. The molecule has 2 N–H and O–H groups in total. The number of fused-ring (bicyclic) bond motifs is 1. The number of carbonyl (C=O) groups is 1. The van der Waals surface area contributed by atoms with Crippen LogP contribution < -0.4 is 5.32 Å². The van der Waals surface area contributed by atoms with Gasteiger partial charge in [0.1, 0.15) is 5.69 Å². The largest absolute Gasteiger partial charge is 0.350 e. The van der Waals surface area contributed by atoms with Crippen LogP contribution >= 0.6 is 0 Å². The number of H-pyrrole nitrogens is 1. The first-order valence-electron chi connectivity index (χ1n) is 10.2. The smallest absolute Gasteiger partial charge is 0.267 e. The zero-order valence-corrected chi connectivity index (χ0v) is 16.0. The first-order valence-corrected chi connectivity index (χ1v) is 10.2. The number of likely N-dealkylation sites (tertiary alicyclic amines) is 1. The van der Waals surface area contributed by atoms with Gasteiger partial charge in [0.25, 0.3) is 5.91 Å². The topological polar surface area (TPSA) is 61.0 Å². The van der Waals surface area contributed by atoms with E-state index in [1.165, 1.54) is 24.8 Å². The molecule has 2 fully saturated rings. The van der Waals surface area contributed by atoms with Gasteiger partial charge in [0.2, 0.25) is 0 Å². The van der Waals surface area contributed by atoms with E-state index in [1.54, 1.807) is 12.4 Å².